The number of benzene rings is 2. The first kappa shape index (κ1) is 15.0. The van der Waals surface area contributed by atoms with E-state index < -0.39 is 0 Å². The van der Waals surface area contributed by atoms with E-state index in [-0.39, 0.29) is 11.9 Å². The molecule has 0 saturated heterocycles. The van der Waals surface area contributed by atoms with Crippen molar-refractivity contribution in [2.75, 3.05) is 7.11 Å². The van der Waals surface area contributed by atoms with E-state index in [0.29, 0.717) is 12.1 Å². The van der Waals surface area contributed by atoms with Gasteiger partial charge in [-0.1, -0.05) is 12.1 Å². The maximum absolute atomic E-state index is 12.9. The Labute approximate surface area is 124 Å². The van der Waals surface area contributed by atoms with Crippen LogP contribution in [0.25, 0.3) is 0 Å². The van der Waals surface area contributed by atoms with E-state index in [9.17, 15) is 4.39 Å². The minimum Gasteiger partial charge on any atom is -0.496 e. The summed E-state index contributed by atoms with van der Waals surface area (Å²) in [4.78, 5) is 0. The molecule has 0 spiro atoms. The standard InChI is InChI=1S/C17H17FN2O/c1-12(14-4-6-16(18)7-5-14)20-11-15-9-13(10-19)3-8-17(15)21-2/h3-9,12,20H,11H2,1-2H3/t12-/m1/s1. The van der Waals surface area contributed by atoms with E-state index in [2.05, 4.69) is 11.4 Å². The summed E-state index contributed by atoms with van der Waals surface area (Å²) in [6, 6.07) is 13.9. The lowest BCUT2D eigenvalue weighted by Crippen LogP contribution is -2.18. The topological polar surface area (TPSA) is 45.0 Å². The van der Waals surface area contributed by atoms with Gasteiger partial charge in [0.15, 0.2) is 0 Å². The highest BCUT2D eigenvalue weighted by atomic mass is 19.1. The first-order chi connectivity index (χ1) is 10.1. The lowest BCUT2D eigenvalue weighted by Gasteiger charge is -2.16. The van der Waals surface area contributed by atoms with Crippen LogP contribution in [-0.2, 0) is 6.54 Å². The van der Waals surface area contributed by atoms with Gasteiger partial charge in [-0.3, -0.25) is 0 Å². The fourth-order valence-corrected chi connectivity index (χ4v) is 2.12. The summed E-state index contributed by atoms with van der Waals surface area (Å²) in [6.45, 7) is 2.57. The number of nitrogens with zero attached hydrogens (tertiary/aromatic N) is 1. The van der Waals surface area contributed by atoms with Crippen LogP contribution in [0.1, 0.15) is 29.7 Å². The van der Waals surface area contributed by atoms with Crippen molar-refractivity contribution in [1.82, 2.24) is 5.32 Å². The van der Waals surface area contributed by atoms with E-state index in [1.807, 2.05) is 13.0 Å². The molecule has 0 unspecified atom stereocenters. The molecular formula is C17H17FN2O. The molecule has 0 radical (unpaired) electrons. The van der Waals surface area contributed by atoms with Gasteiger partial charge in [0.05, 0.1) is 18.7 Å². The van der Waals surface area contributed by atoms with Gasteiger partial charge in [-0.15, -0.1) is 0 Å². The first-order valence-electron chi connectivity index (χ1n) is 6.70. The van der Waals surface area contributed by atoms with Crippen molar-refractivity contribution in [2.24, 2.45) is 0 Å². The summed E-state index contributed by atoms with van der Waals surface area (Å²) in [7, 11) is 1.61. The number of hydrogen-bond acceptors (Lipinski definition) is 3. The molecule has 1 N–H and O–H groups in total. The number of nitriles is 1. The van der Waals surface area contributed by atoms with Gasteiger partial charge in [0.2, 0.25) is 0 Å². The zero-order chi connectivity index (χ0) is 15.2. The Morgan fingerprint density at radius 2 is 1.95 bits per heavy atom. The second kappa shape index (κ2) is 6.87. The summed E-state index contributed by atoms with van der Waals surface area (Å²) >= 11 is 0. The average molecular weight is 284 g/mol. The Bertz CT molecular complexity index is 647. The van der Waals surface area contributed by atoms with Gasteiger partial charge >= 0.3 is 0 Å². The fraction of sp³-hybridized carbons (Fsp3) is 0.235. The Kier molecular flexibility index (Phi) is 4.91. The molecule has 3 nitrogen and oxygen atoms in total. The van der Waals surface area contributed by atoms with E-state index in [4.69, 9.17) is 10.00 Å². The highest BCUT2D eigenvalue weighted by Crippen LogP contribution is 2.21. The number of ether oxygens (including phenoxy) is 1. The molecule has 21 heavy (non-hydrogen) atoms. The smallest absolute Gasteiger partial charge is 0.123 e. The minimum absolute atomic E-state index is 0.0704. The predicted molar refractivity (Wildman–Crippen MR) is 79.4 cm³/mol. The van der Waals surface area contributed by atoms with Crippen molar-refractivity contribution in [3.8, 4) is 11.8 Å². The van der Waals surface area contributed by atoms with Crippen LogP contribution in [-0.4, -0.2) is 7.11 Å². The monoisotopic (exact) mass is 284 g/mol. The van der Waals surface area contributed by atoms with Gasteiger partial charge in [-0.25, -0.2) is 4.39 Å². The maximum Gasteiger partial charge on any atom is 0.123 e. The molecule has 0 amide bonds. The number of hydrogen-bond donors (Lipinski definition) is 1. The van der Waals surface area contributed by atoms with Gasteiger partial charge in [0.1, 0.15) is 11.6 Å². The molecule has 1 atom stereocenters. The van der Waals surface area contributed by atoms with Crippen molar-refractivity contribution < 1.29 is 9.13 Å². The zero-order valence-electron chi connectivity index (χ0n) is 12.1. The molecular weight excluding hydrogens is 267 g/mol. The summed E-state index contributed by atoms with van der Waals surface area (Å²) in [5, 5.41) is 12.3. The van der Waals surface area contributed by atoms with Crippen molar-refractivity contribution in [1.29, 1.82) is 5.26 Å². The summed E-state index contributed by atoms with van der Waals surface area (Å²) in [5.74, 6) is 0.502. The molecule has 2 rings (SSSR count). The lowest BCUT2D eigenvalue weighted by atomic mass is 10.1. The van der Waals surface area contributed by atoms with Crippen LogP contribution >= 0.6 is 0 Å². The molecule has 4 heteroatoms. The van der Waals surface area contributed by atoms with Crippen LogP contribution in [0.3, 0.4) is 0 Å². The molecule has 0 heterocycles. The van der Waals surface area contributed by atoms with E-state index in [0.717, 1.165) is 16.9 Å². The Morgan fingerprint density at radius 3 is 2.57 bits per heavy atom. The molecule has 0 aliphatic carbocycles. The van der Waals surface area contributed by atoms with Crippen LogP contribution in [0.2, 0.25) is 0 Å². The van der Waals surface area contributed by atoms with E-state index in [1.165, 1.54) is 12.1 Å². The molecule has 0 bridgehead atoms. The highest BCUT2D eigenvalue weighted by molar-refractivity contribution is 5.42. The fourth-order valence-electron chi connectivity index (χ4n) is 2.12. The van der Waals surface area contributed by atoms with Crippen LogP contribution in [0, 0.1) is 17.1 Å². The predicted octanol–water partition coefficient (Wildman–Crippen LogP) is 3.56. The van der Waals surface area contributed by atoms with Crippen molar-refractivity contribution >= 4 is 0 Å². The molecule has 2 aromatic carbocycles. The van der Waals surface area contributed by atoms with Crippen molar-refractivity contribution in [3.63, 3.8) is 0 Å². The summed E-state index contributed by atoms with van der Waals surface area (Å²) in [6.07, 6.45) is 0. The first-order valence-corrected chi connectivity index (χ1v) is 6.70. The van der Waals surface area contributed by atoms with Crippen molar-refractivity contribution in [2.45, 2.75) is 19.5 Å². The van der Waals surface area contributed by atoms with Gasteiger partial charge in [0, 0.05) is 18.2 Å². The normalized spacial score (nSPS) is 11.7. The SMILES string of the molecule is COc1ccc(C#N)cc1CN[C@H](C)c1ccc(F)cc1. The number of nitrogens with one attached hydrogen (secondary N) is 1. The summed E-state index contributed by atoms with van der Waals surface area (Å²) in [5.41, 5.74) is 2.53. The third-order valence-corrected chi connectivity index (χ3v) is 3.38. The highest BCUT2D eigenvalue weighted by Gasteiger charge is 2.08. The van der Waals surface area contributed by atoms with Crippen molar-refractivity contribution in [3.05, 3.63) is 65.0 Å². The number of methoxy groups -OCH3 is 1. The third-order valence-electron chi connectivity index (χ3n) is 3.38. The minimum atomic E-state index is -0.241. The third kappa shape index (κ3) is 3.80. The van der Waals surface area contributed by atoms with E-state index >= 15 is 0 Å². The Morgan fingerprint density at radius 1 is 1.24 bits per heavy atom. The molecule has 108 valence electrons. The molecule has 0 aliphatic rings. The molecule has 0 aliphatic heterocycles. The Balaban J connectivity index is 2.08. The van der Waals surface area contributed by atoms with Crippen LogP contribution in [0.5, 0.6) is 5.75 Å². The number of rotatable bonds is 5. The zero-order valence-corrected chi connectivity index (χ0v) is 12.1. The second-order valence-corrected chi connectivity index (χ2v) is 4.79. The Hall–Kier alpha value is -2.38. The quantitative estimate of drug-likeness (QED) is 0.913. The molecule has 0 saturated carbocycles. The van der Waals surface area contributed by atoms with Crippen LogP contribution < -0.4 is 10.1 Å². The molecule has 2 aromatic rings. The average Bonchev–Trinajstić information content (AvgIpc) is 2.52. The van der Waals surface area contributed by atoms with Gasteiger partial charge in [-0.05, 0) is 42.8 Å². The second-order valence-electron chi connectivity index (χ2n) is 4.79. The largest absolute Gasteiger partial charge is 0.496 e. The molecule has 0 aromatic heterocycles. The van der Waals surface area contributed by atoms with Gasteiger partial charge in [-0.2, -0.15) is 5.26 Å². The summed E-state index contributed by atoms with van der Waals surface area (Å²) < 4.78 is 18.2. The maximum atomic E-state index is 12.9. The van der Waals surface area contributed by atoms with Crippen LogP contribution in [0.15, 0.2) is 42.5 Å². The van der Waals surface area contributed by atoms with Gasteiger partial charge in [0.25, 0.3) is 0 Å². The van der Waals surface area contributed by atoms with Crippen LogP contribution in [0.4, 0.5) is 4.39 Å². The van der Waals surface area contributed by atoms with Gasteiger partial charge < -0.3 is 10.1 Å². The lowest BCUT2D eigenvalue weighted by molar-refractivity contribution is 0.406. The number of halogens is 1. The molecule has 0 fully saturated rings. The van der Waals surface area contributed by atoms with E-state index in [1.54, 1.807) is 31.4 Å².